The van der Waals surface area contributed by atoms with E-state index < -0.39 is 11.4 Å². The fourth-order valence-electron chi connectivity index (χ4n) is 2.02. The number of carboxylic acid groups (broad SMARTS) is 1. The second-order valence-electron chi connectivity index (χ2n) is 5.13. The number of rotatable bonds is 6. The van der Waals surface area contributed by atoms with Gasteiger partial charge in [0.1, 0.15) is 5.82 Å². The summed E-state index contributed by atoms with van der Waals surface area (Å²) in [6, 6.07) is 0. The molecule has 0 aliphatic rings. The molecule has 0 unspecified atom stereocenters. The molecular weight excluding hydrogens is 230 g/mol. The van der Waals surface area contributed by atoms with Crippen molar-refractivity contribution in [1.82, 2.24) is 14.8 Å². The molecule has 0 atom stereocenters. The number of carbonyl (C=O) groups is 1. The minimum absolute atomic E-state index is 0.257. The largest absolute Gasteiger partial charge is 0.481 e. The van der Waals surface area contributed by atoms with Gasteiger partial charge in [0.2, 0.25) is 0 Å². The topological polar surface area (TPSA) is 68.0 Å². The Bertz CT molecular complexity index is 420. The molecule has 0 amide bonds. The maximum absolute atomic E-state index is 11.5. The van der Waals surface area contributed by atoms with Gasteiger partial charge in [0.15, 0.2) is 5.82 Å². The molecule has 5 nitrogen and oxygen atoms in total. The molecule has 0 saturated heterocycles. The Balaban J connectivity index is 3.05. The van der Waals surface area contributed by atoms with Crippen molar-refractivity contribution in [2.45, 2.75) is 52.9 Å². The van der Waals surface area contributed by atoms with Crippen LogP contribution >= 0.6 is 0 Å². The van der Waals surface area contributed by atoms with Crippen LogP contribution in [-0.2, 0) is 18.3 Å². The zero-order valence-electron chi connectivity index (χ0n) is 11.9. The van der Waals surface area contributed by atoms with Crippen molar-refractivity contribution in [2.24, 2.45) is 12.5 Å². The summed E-state index contributed by atoms with van der Waals surface area (Å²) in [5.74, 6) is 1.04. The lowest BCUT2D eigenvalue weighted by Gasteiger charge is -2.25. The molecule has 1 aromatic heterocycles. The quantitative estimate of drug-likeness (QED) is 0.845. The lowest BCUT2D eigenvalue weighted by atomic mass is 9.79. The number of aliphatic carboxylic acids is 1. The van der Waals surface area contributed by atoms with Gasteiger partial charge in [-0.2, -0.15) is 5.10 Å². The van der Waals surface area contributed by atoms with E-state index in [1.807, 2.05) is 34.7 Å². The second kappa shape index (κ2) is 5.50. The average molecular weight is 253 g/mol. The predicted molar refractivity (Wildman–Crippen MR) is 69.4 cm³/mol. The van der Waals surface area contributed by atoms with E-state index in [2.05, 4.69) is 10.1 Å². The fourth-order valence-corrected chi connectivity index (χ4v) is 2.02. The summed E-state index contributed by atoms with van der Waals surface area (Å²) >= 11 is 0. The molecule has 0 saturated carbocycles. The van der Waals surface area contributed by atoms with E-state index in [-0.39, 0.29) is 5.92 Å². The maximum atomic E-state index is 11.5. The summed E-state index contributed by atoms with van der Waals surface area (Å²) < 4.78 is 1.71. The van der Waals surface area contributed by atoms with Gasteiger partial charge in [0.05, 0.1) is 5.41 Å². The van der Waals surface area contributed by atoms with Crippen LogP contribution in [-0.4, -0.2) is 25.8 Å². The molecule has 0 bridgehead atoms. The predicted octanol–water partition coefficient (Wildman–Crippen LogP) is 2.37. The van der Waals surface area contributed by atoms with Crippen molar-refractivity contribution in [3.8, 4) is 0 Å². The van der Waals surface area contributed by atoms with Crippen molar-refractivity contribution in [3.63, 3.8) is 0 Å². The van der Waals surface area contributed by atoms with Gasteiger partial charge in [0.25, 0.3) is 0 Å². The molecule has 0 aromatic carbocycles. The van der Waals surface area contributed by atoms with Crippen LogP contribution in [0.1, 0.15) is 58.1 Å². The Kier molecular flexibility index (Phi) is 4.48. The average Bonchev–Trinajstić information content (AvgIpc) is 2.67. The third kappa shape index (κ3) is 2.71. The highest BCUT2D eigenvalue weighted by Crippen LogP contribution is 2.31. The first kappa shape index (κ1) is 14.7. The molecule has 1 aromatic rings. The third-order valence-electron chi connectivity index (χ3n) is 3.69. The minimum Gasteiger partial charge on any atom is -0.481 e. The van der Waals surface area contributed by atoms with Crippen LogP contribution in [0.3, 0.4) is 0 Å². The molecule has 0 aliphatic heterocycles. The van der Waals surface area contributed by atoms with Crippen LogP contribution < -0.4 is 0 Å². The van der Waals surface area contributed by atoms with Gasteiger partial charge in [-0.25, -0.2) is 4.98 Å². The summed E-state index contributed by atoms with van der Waals surface area (Å²) in [6.45, 7) is 7.89. The SMILES string of the molecule is CCC(CC)(Cc1nc(C(C)C)nn1C)C(=O)O. The molecule has 1 heterocycles. The first-order valence-corrected chi connectivity index (χ1v) is 6.49. The Morgan fingerprint density at radius 2 is 1.94 bits per heavy atom. The van der Waals surface area contributed by atoms with E-state index in [9.17, 15) is 9.90 Å². The molecule has 1 rings (SSSR count). The molecule has 0 spiro atoms. The summed E-state index contributed by atoms with van der Waals surface area (Å²) in [5, 5.41) is 13.8. The van der Waals surface area contributed by atoms with E-state index in [1.54, 1.807) is 4.68 Å². The van der Waals surface area contributed by atoms with Crippen molar-refractivity contribution < 1.29 is 9.90 Å². The lowest BCUT2D eigenvalue weighted by molar-refractivity contribution is -0.149. The maximum Gasteiger partial charge on any atom is 0.310 e. The van der Waals surface area contributed by atoms with Crippen LogP contribution in [0.15, 0.2) is 0 Å². The normalized spacial score (nSPS) is 12.1. The van der Waals surface area contributed by atoms with Crippen molar-refractivity contribution in [2.75, 3.05) is 0 Å². The van der Waals surface area contributed by atoms with E-state index in [0.29, 0.717) is 19.3 Å². The summed E-state index contributed by atoms with van der Waals surface area (Å²) in [4.78, 5) is 15.9. The van der Waals surface area contributed by atoms with Crippen molar-refractivity contribution in [1.29, 1.82) is 0 Å². The molecule has 0 fully saturated rings. The van der Waals surface area contributed by atoms with Gasteiger partial charge in [-0.3, -0.25) is 9.48 Å². The third-order valence-corrected chi connectivity index (χ3v) is 3.69. The zero-order valence-corrected chi connectivity index (χ0v) is 11.9. The van der Waals surface area contributed by atoms with Crippen molar-refractivity contribution >= 4 is 5.97 Å². The standard InChI is InChI=1S/C13H23N3O2/c1-6-13(7-2,12(17)18)8-10-14-11(9(3)4)15-16(10)5/h9H,6-8H2,1-5H3,(H,17,18). The van der Waals surface area contributed by atoms with Gasteiger partial charge in [-0.15, -0.1) is 0 Å². The van der Waals surface area contributed by atoms with Gasteiger partial charge in [-0.05, 0) is 12.8 Å². The number of hydrogen-bond acceptors (Lipinski definition) is 3. The monoisotopic (exact) mass is 253 g/mol. The van der Waals surface area contributed by atoms with Crippen LogP contribution in [0.2, 0.25) is 0 Å². The van der Waals surface area contributed by atoms with Gasteiger partial charge in [0, 0.05) is 19.4 Å². The number of carboxylic acids is 1. The van der Waals surface area contributed by atoms with E-state index in [0.717, 1.165) is 11.6 Å². The summed E-state index contributed by atoms with van der Waals surface area (Å²) in [5.41, 5.74) is -0.727. The Morgan fingerprint density at radius 3 is 2.28 bits per heavy atom. The fraction of sp³-hybridized carbons (Fsp3) is 0.769. The smallest absolute Gasteiger partial charge is 0.310 e. The Hall–Kier alpha value is -1.39. The Labute approximate surface area is 108 Å². The van der Waals surface area contributed by atoms with E-state index >= 15 is 0 Å². The van der Waals surface area contributed by atoms with Crippen LogP contribution in [0.5, 0.6) is 0 Å². The second-order valence-corrected chi connectivity index (χ2v) is 5.13. The molecule has 1 N–H and O–H groups in total. The first-order chi connectivity index (χ1) is 8.36. The van der Waals surface area contributed by atoms with Crippen LogP contribution in [0, 0.1) is 5.41 Å². The summed E-state index contributed by atoms with van der Waals surface area (Å²) in [6.07, 6.45) is 1.64. The molecule has 0 radical (unpaired) electrons. The summed E-state index contributed by atoms with van der Waals surface area (Å²) in [7, 11) is 1.83. The van der Waals surface area contributed by atoms with Crippen LogP contribution in [0.25, 0.3) is 0 Å². The van der Waals surface area contributed by atoms with E-state index in [1.165, 1.54) is 0 Å². The minimum atomic E-state index is -0.749. The van der Waals surface area contributed by atoms with Gasteiger partial charge in [-0.1, -0.05) is 27.7 Å². The number of nitrogens with zero attached hydrogens (tertiary/aromatic N) is 3. The number of hydrogen-bond donors (Lipinski definition) is 1. The molecular formula is C13H23N3O2. The van der Waals surface area contributed by atoms with Crippen molar-refractivity contribution in [3.05, 3.63) is 11.6 Å². The van der Waals surface area contributed by atoms with Gasteiger partial charge >= 0.3 is 5.97 Å². The molecule has 18 heavy (non-hydrogen) atoms. The Morgan fingerprint density at radius 1 is 1.39 bits per heavy atom. The first-order valence-electron chi connectivity index (χ1n) is 6.49. The number of aryl methyl sites for hydroxylation is 1. The highest BCUT2D eigenvalue weighted by molar-refractivity contribution is 5.74. The van der Waals surface area contributed by atoms with E-state index in [4.69, 9.17) is 0 Å². The molecule has 102 valence electrons. The number of aromatic nitrogens is 3. The van der Waals surface area contributed by atoms with Crippen LogP contribution in [0.4, 0.5) is 0 Å². The molecule has 5 heteroatoms. The molecule has 0 aliphatic carbocycles. The zero-order chi connectivity index (χ0) is 13.9. The highest BCUT2D eigenvalue weighted by atomic mass is 16.4. The van der Waals surface area contributed by atoms with Gasteiger partial charge < -0.3 is 5.11 Å². The lowest BCUT2D eigenvalue weighted by Crippen LogP contribution is -2.33. The highest BCUT2D eigenvalue weighted by Gasteiger charge is 2.36.